The van der Waals surface area contributed by atoms with E-state index in [1.165, 1.54) is 19.3 Å². The lowest BCUT2D eigenvalue weighted by Crippen LogP contribution is -2.47. The number of nitrogens with one attached hydrogen (secondary N) is 2. The fourth-order valence-electron chi connectivity index (χ4n) is 1.73. The molecule has 0 radical (unpaired) electrons. The van der Waals surface area contributed by atoms with Gasteiger partial charge < -0.3 is 5.32 Å². The van der Waals surface area contributed by atoms with Gasteiger partial charge in [-0.05, 0) is 12.8 Å². The van der Waals surface area contributed by atoms with Gasteiger partial charge in [-0.3, -0.25) is 5.43 Å². The summed E-state index contributed by atoms with van der Waals surface area (Å²) >= 11 is 0. The highest BCUT2D eigenvalue weighted by molar-refractivity contribution is 5.79. The summed E-state index contributed by atoms with van der Waals surface area (Å²) in [4.78, 5) is 3.66. The van der Waals surface area contributed by atoms with E-state index in [1.54, 1.807) is 0 Å². The average Bonchev–Trinajstić information content (AvgIpc) is 2.25. The molecule has 1 fully saturated rings. The standard InChI is InChI=1S/C9H18F2N4/c10-8(11)6-13-9(15-12)14-7-4-2-1-3-5-7/h7-8H,1-6,12H2,(H2,13,14,15). The molecule has 88 valence electrons. The van der Waals surface area contributed by atoms with E-state index in [1.807, 2.05) is 0 Å². The van der Waals surface area contributed by atoms with Crippen LogP contribution in [0.25, 0.3) is 0 Å². The molecule has 1 saturated carbocycles. The van der Waals surface area contributed by atoms with Gasteiger partial charge in [-0.15, -0.1) is 0 Å². The smallest absolute Gasteiger partial charge is 0.257 e. The van der Waals surface area contributed by atoms with Gasteiger partial charge in [0.15, 0.2) is 0 Å². The lowest BCUT2D eigenvalue weighted by atomic mass is 9.96. The Kier molecular flexibility index (Phi) is 5.31. The van der Waals surface area contributed by atoms with Gasteiger partial charge in [0, 0.05) is 6.04 Å². The van der Waals surface area contributed by atoms with Crippen molar-refractivity contribution in [2.75, 3.05) is 6.54 Å². The van der Waals surface area contributed by atoms with E-state index in [0.717, 1.165) is 12.8 Å². The number of halogens is 2. The van der Waals surface area contributed by atoms with Crippen LogP contribution in [-0.2, 0) is 0 Å². The number of aliphatic imine (C=N–C) groups is 1. The second-order valence-corrected chi connectivity index (χ2v) is 3.70. The highest BCUT2D eigenvalue weighted by atomic mass is 19.3. The van der Waals surface area contributed by atoms with Gasteiger partial charge >= 0.3 is 0 Å². The summed E-state index contributed by atoms with van der Waals surface area (Å²) in [6, 6.07) is 0.311. The van der Waals surface area contributed by atoms with Crippen LogP contribution in [0.15, 0.2) is 4.99 Å². The Morgan fingerprint density at radius 1 is 1.33 bits per heavy atom. The first-order valence-electron chi connectivity index (χ1n) is 5.28. The molecule has 0 aromatic carbocycles. The van der Waals surface area contributed by atoms with Crippen LogP contribution in [0.1, 0.15) is 32.1 Å². The molecule has 0 aliphatic heterocycles. The third-order valence-electron chi connectivity index (χ3n) is 2.47. The Morgan fingerprint density at radius 3 is 2.53 bits per heavy atom. The lowest BCUT2D eigenvalue weighted by Gasteiger charge is -2.24. The van der Waals surface area contributed by atoms with Crippen molar-refractivity contribution in [2.24, 2.45) is 10.8 Å². The van der Waals surface area contributed by atoms with E-state index in [0.29, 0.717) is 6.04 Å². The van der Waals surface area contributed by atoms with E-state index < -0.39 is 13.0 Å². The molecule has 6 heteroatoms. The molecule has 0 atom stereocenters. The van der Waals surface area contributed by atoms with Crippen molar-refractivity contribution < 1.29 is 8.78 Å². The quantitative estimate of drug-likeness (QED) is 0.288. The van der Waals surface area contributed by atoms with Crippen molar-refractivity contribution in [1.82, 2.24) is 10.7 Å². The van der Waals surface area contributed by atoms with Crippen molar-refractivity contribution in [3.8, 4) is 0 Å². The maximum atomic E-state index is 11.9. The van der Waals surface area contributed by atoms with Gasteiger partial charge in [0.2, 0.25) is 5.96 Å². The normalized spacial score (nSPS) is 19.3. The summed E-state index contributed by atoms with van der Waals surface area (Å²) in [7, 11) is 0. The Labute approximate surface area is 88.3 Å². The van der Waals surface area contributed by atoms with Crippen LogP contribution in [-0.4, -0.2) is 25.0 Å². The van der Waals surface area contributed by atoms with Crippen LogP contribution < -0.4 is 16.6 Å². The zero-order valence-corrected chi connectivity index (χ0v) is 8.68. The zero-order valence-electron chi connectivity index (χ0n) is 8.68. The molecular formula is C9H18F2N4. The highest BCUT2D eigenvalue weighted by Crippen LogP contribution is 2.17. The molecule has 0 aromatic heterocycles. The molecule has 1 aliphatic carbocycles. The van der Waals surface area contributed by atoms with Gasteiger partial charge in [0.05, 0.1) is 0 Å². The van der Waals surface area contributed by atoms with Crippen LogP contribution >= 0.6 is 0 Å². The van der Waals surface area contributed by atoms with Crippen molar-refractivity contribution in [2.45, 2.75) is 44.6 Å². The molecule has 0 aromatic rings. The molecule has 1 aliphatic rings. The molecule has 0 saturated heterocycles. The molecule has 4 nitrogen and oxygen atoms in total. The second kappa shape index (κ2) is 6.55. The largest absolute Gasteiger partial charge is 0.353 e. The zero-order chi connectivity index (χ0) is 11.1. The Hall–Kier alpha value is -0.910. The van der Waals surface area contributed by atoms with E-state index >= 15 is 0 Å². The van der Waals surface area contributed by atoms with E-state index in [9.17, 15) is 8.78 Å². The number of nitrogens with zero attached hydrogens (tertiary/aromatic N) is 1. The van der Waals surface area contributed by atoms with Gasteiger partial charge in [-0.25, -0.2) is 19.6 Å². The van der Waals surface area contributed by atoms with Crippen LogP contribution in [0.2, 0.25) is 0 Å². The lowest BCUT2D eigenvalue weighted by molar-refractivity contribution is 0.158. The van der Waals surface area contributed by atoms with Crippen LogP contribution in [0.5, 0.6) is 0 Å². The number of hydrazine groups is 1. The number of guanidine groups is 1. The third kappa shape index (κ3) is 4.92. The molecule has 0 amide bonds. The van der Waals surface area contributed by atoms with Gasteiger partial charge in [0.25, 0.3) is 6.43 Å². The minimum Gasteiger partial charge on any atom is -0.353 e. The molecule has 0 unspecified atom stereocenters. The highest BCUT2D eigenvalue weighted by Gasteiger charge is 2.14. The molecule has 0 heterocycles. The number of alkyl halides is 2. The van der Waals surface area contributed by atoms with E-state index in [-0.39, 0.29) is 5.96 Å². The molecule has 0 bridgehead atoms. The minimum atomic E-state index is -2.43. The average molecular weight is 220 g/mol. The van der Waals surface area contributed by atoms with Gasteiger partial charge in [0.1, 0.15) is 6.54 Å². The fraction of sp³-hybridized carbons (Fsp3) is 0.889. The van der Waals surface area contributed by atoms with Crippen LogP contribution in [0.4, 0.5) is 8.78 Å². The van der Waals surface area contributed by atoms with Gasteiger partial charge in [-0.1, -0.05) is 19.3 Å². The SMILES string of the molecule is NNC(=NCC(F)F)NC1CCCCC1. The summed E-state index contributed by atoms with van der Waals surface area (Å²) < 4.78 is 23.8. The van der Waals surface area contributed by atoms with Crippen molar-refractivity contribution >= 4 is 5.96 Å². The topological polar surface area (TPSA) is 62.4 Å². The minimum absolute atomic E-state index is 0.266. The molecule has 1 rings (SSSR count). The van der Waals surface area contributed by atoms with Crippen molar-refractivity contribution in [1.29, 1.82) is 0 Å². The van der Waals surface area contributed by atoms with Crippen molar-refractivity contribution in [3.05, 3.63) is 0 Å². The Morgan fingerprint density at radius 2 is 2.00 bits per heavy atom. The summed E-state index contributed by atoms with van der Waals surface area (Å²) in [6.45, 7) is -0.515. The maximum absolute atomic E-state index is 11.9. The monoisotopic (exact) mass is 220 g/mol. The number of hydrogen-bond donors (Lipinski definition) is 3. The van der Waals surface area contributed by atoms with Crippen LogP contribution in [0, 0.1) is 0 Å². The summed E-state index contributed by atoms with van der Waals surface area (Å²) in [5, 5.41) is 3.04. The molecule has 0 spiro atoms. The molecule has 15 heavy (non-hydrogen) atoms. The first kappa shape index (κ1) is 12.2. The summed E-state index contributed by atoms with van der Waals surface area (Å²) in [5.74, 6) is 5.45. The number of hydrogen-bond acceptors (Lipinski definition) is 2. The van der Waals surface area contributed by atoms with E-state index in [2.05, 4.69) is 15.7 Å². The predicted octanol–water partition coefficient (Wildman–Crippen LogP) is 0.993. The molecular weight excluding hydrogens is 202 g/mol. The van der Waals surface area contributed by atoms with Crippen molar-refractivity contribution in [3.63, 3.8) is 0 Å². The number of rotatable bonds is 3. The first-order chi connectivity index (χ1) is 7.22. The first-order valence-corrected chi connectivity index (χ1v) is 5.28. The Bertz CT molecular complexity index is 202. The summed E-state index contributed by atoms with van der Waals surface area (Å²) in [5.41, 5.74) is 2.31. The third-order valence-corrected chi connectivity index (χ3v) is 2.47. The molecule has 4 N–H and O–H groups in total. The Balaban J connectivity index is 2.34. The fourth-order valence-corrected chi connectivity index (χ4v) is 1.73. The second-order valence-electron chi connectivity index (χ2n) is 3.70. The van der Waals surface area contributed by atoms with Gasteiger partial charge in [-0.2, -0.15) is 0 Å². The maximum Gasteiger partial charge on any atom is 0.257 e. The number of nitrogens with two attached hydrogens (primary N) is 1. The van der Waals surface area contributed by atoms with Crippen LogP contribution in [0.3, 0.4) is 0 Å². The summed E-state index contributed by atoms with van der Waals surface area (Å²) in [6.07, 6.45) is 3.26. The van der Waals surface area contributed by atoms with E-state index in [4.69, 9.17) is 5.84 Å². The predicted molar refractivity (Wildman–Crippen MR) is 55.6 cm³/mol.